The Morgan fingerprint density at radius 1 is 1.05 bits per heavy atom. The summed E-state index contributed by atoms with van der Waals surface area (Å²) < 4.78 is 0. The summed E-state index contributed by atoms with van der Waals surface area (Å²) in [5.74, 6) is 0. The number of benzene rings is 1. The molecule has 1 aromatic rings. The Bertz CT molecular complexity index is 357. The van der Waals surface area contributed by atoms with Gasteiger partial charge in [-0.1, -0.05) is 69.9 Å². The molecule has 1 atom stereocenters. The maximum Gasteiger partial charge on any atom is 0.0164 e. The fraction of sp³-hybridized carbons (Fsp3) is 0.684. The number of unbranched alkanes of at least 4 members (excludes halogenated alkanes) is 1. The van der Waals surface area contributed by atoms with E-state index in [-0.39, 0.29) is 0 Å². The minimum atomic E-state index is 0.394. The molecule has 0 spiro atoms. The van der Waals surface area contributed by atoms with Gasteiger partial charge < -0.3 is 5.32 Å². The first-order valence-electron chi connectivity index (χ1n) is 8.62. The van der Waals surface area contributed by atoms with Crippen molar-refractivity contribution < 1.29 is 0 Å². The SMILES string of the molecule is CCCCC(NCCC)C1(c2ccccc2)CCCC1. The zero-order valence-electron chi connectivity index (χ0n) is 13.3. The molecule has 0 saturated heterocycles. The normalized spacial score (nSPS) is 19.1. The maximum atomic E-state index is 3.89. The topological polar surface area (TPSA) is 12.0 Å². The van der Waals surface area contributed by atoms with Gasteiger partial charge in [-0.05, 0) is 37.8 Å². The van der Waals surface area contributed by atoms with Crippen molar-refractivity contribution in [3.8, 4) is 0 Å². The van der Waals surface area contributed by atoms with Gasteiger partial charge >= 0.3 is 0 Å². The Morgan fingerprint density at radius 2 is 1.75 bits per heavy atom. The summed E-state index contributed by atoms with van der Waals surface area (Å²) >= 11 is 0. The number of rotatable bonds is 8. The van der Waals surface area contributed by atoms with Crippen LogP contribution in [0.5, 0.6) is 0 Å². The van der Waals surface area contributed by atoms with E-state index in [4.69, 9.17) is 0 Å². The van der Waals surface area contributed by atoms with Gasteiger partial charge in [-0.25, -0.2) is 0 Å². The standard InChI is InChI=1S/C19H31N/c1-3-5-13-18(20-16-4-2)19(14-9-10-15-19)17-11-7-6-8-12-17/h6-8,11-12,18,20H,3-5,9-10,13-16H2,1-2H3. The van der Waals surface area contributed by atoms with Crippen LogP contribution in [0.25, 0.3) is 0 Å². The van der Waals surface area contributed by atoms with E-state index in [0.29, 0.717) is 11.5 Å². The van der Waals surface area contributed by atoms with Gasteiger partial charge in [0, 0.05) is 11.5 Å². The van der Waals surface area contributed by atoms with E-state index in [2.05, 4.69) is 49.5 Å². The molecule has 1 aliphatic carbocycles. The van der Waals surface area contributed by atoms with Crippen LogP contribution in [-0.2, 0) is 5.41 Å². The molecule has 1 aromatic carbocycles. The quantitative estimate of drug-likeness (QED) is 0.698. The van der Waals surface area contributed by atoms with Crippen LogP contribution in [0.2, 0.25) is 0 Å². The third kappa shape index (κ3) is 3.44. The van der Waals surface area contributed by atoms with Gasteiger partial charge in [0.15, 0.2) is 0 Å². The smallest absolute Gasteiger partial charge is 0.0164 e. The van der Waals surface area contributed by atoms with E-state index in [1.165, 1.54) is 51.4 Å². The zero-order valence-corrected chi connectivity index (χ0v) is 13.3. The highest BCUT2D eigenvalue weighted by Gasteiger charge is 2.41. The van der Waals surface area contributed by atoms with Gasteiger partial charge in [-0.3, -0.25) is 0 Å². The van der Waals surface area contributed by atoms with Gasteiger partial charge in [0.1, 0.15) is 0 Å². The molecule has 2 rings (SSSR count). The molecule has 1 nitrogen and oxygen atoms in total. The third-order valence-corrected chi connectivity index (χ3v) is 5.00. The first kappa shape index (κ1) is 15.6. The molecule has 112 valence electrons. The van der Waals surface area contributed by atoms with Crippen molar-refractivity contribution in [2.24, 2.45) is 0 Å². The Hall–Kier alpha value is -0.820. The number of hydrogen-bond donors (Lipinski definition) is 1. The summed E-state index contributed by atoms with van der Waals surface area (Å²) in [5, 5.41) is 3.89. The van der Waals surface area contributed by atoms with Crippen LogP contribution in [0.1, 0.15) is 70.8 Å². The lowest BCUT2D eigenvalue weighted by molar-refractivity contribution is 0.276. The van der Waals surface area contributed by atoms with Crippen molar-refractivity contribution in [1.82, 2.24) is 5.32 Å². The molecule has 20 heavy (non-hydrogen) atoms. The second-order valence-corrected chi connectivity index (χ2v) is 6.38. The van der Waals surface area contributed by atoms with Crippen molar-refractivity contribution in [3.05, 3.63) is 35.9 Å². The molecule has 0 heterocycles. The van der Waals surface area contributed by atoms with Gasteiger partial charge in [0.05, 0.1) is 0 Å². The highest BCUT2D eigenvalue weighted by atomic mass is 14.9. The Balaban J connectivity index is 2.23. The minimum absolute atomic E-state index is 0.394. The fourth-order valence-corrected chi connectivity index (χ4v) is 3.91. The molecular weight excluding hydrogens is 242 g/mol. The van der Waals surface area contributed by atoms with E-state index >= 15 is 0 Å². The predicted octanol–water partition coefficient (Wildman–Crippen LogP) is 5.06. The number of nitrogens with one attached hydrogen (secondary N) is 1. The monoisotopic (exact) mass is 273 g/mol. The van der Waals surface area contributed by atoms with Gasteiger partial charge in [-0.15, -0.1) is 0 Å². The van der Waals surface area contributed by atoms with E-state index in [0.717, 1.165) is 6.54 Å². The highest BCUT2D eigenvalue weighted by molar-refractivity contribution is 5.29. The Labute approximate surface area is 125 Å². The molecule has 1 unspecified atom stereocenters. The molecule has 0 bridgehead atoms. The van der Waals surface area contributed by atoms with Crippen molar-refractivity contribution in [3.63, 3.8) is 0 Å². The molecule has 0 amide bonds. The lowest BCUT2D eigenvalue weighted by Crippen LogP contribution is -2.47. The number of hydrogen-bond acceptors (Lipinski definition) is 1. The summed E-state index contributed by atoms with van der Waals surface area (Å²) in [6, 6.07) is 12.0. The van der Waals surface area contributed by atoms with Crippen LogP contribution in [-0.4, -0.2) is 12.6 Å². The summed E-state index contributed by atoms with van der Waals surface area (Å²) in [6.45, 7) is 5.73. The van der Waals surface area contributed by atoms with Crippen molar-refractivity contribution >= 4 is 0 Å². The van der Waals surface area contributed by atoms with E-state index in [9.17, 15) is 0 Å². The maximum absolute atomic E-state index is 3.89. The summed E-state index contributed by atoms with van der Waals surface area (Å²) in [6.07, 6.45) is 10.7. The van der Waals surface area contributed by atoms with Gasteiger partial charge in [0.25, 0.3) is 0 Å². The molecule has 0 aliphatic heterocycles. The molecule has 1 N–H and O–H groups in total. The van der Waals surface area contributed by atoms with Crippen molar-refractivity contribution in [2.45, 2.75) is 76.7 Å². The Kier molecular flexibility index (Phi) is 6.09. The zero-order chi connectivity index (χ0) is 14.3. The van der Waals surface area contributed by atoms with Crippen LogP contribution < -0.4 is 5.32 Å². The summed E-state index contributed by atoms with van der Waals surface area (Å²) in [4.78, 5) is 0. The predicted molar refractivity (Wildman–Crippen MR) is 88.2 cm³/mol. The lowest BCUT2D eigenvalue weighted by Gasteiger charge is -2.39. The molecule has 1 fully saturated rings. The van der Waals surface area contributed by atoms with Crippen LogP contribution in [0.3, 0.4) is 0 Å². The minimum Gasteiger partial charge on any atom is -0.313 e. The molecule has 1 aliphatic rings. The van der Waals surface area contributed by atoms with E-state index < -0.39 is 0 Å². The second-order valence-electron chi connectivity index (χ2n) is 6.38. The largest absolute Gasteiger partial charge is 0.313 e. The first-order valence-corrected chi connectivity index (χ1v) is 8.62. The van der Waals surface area contributed by atoms with Crippen LogP contribution in [0.15, 0.2) is 30.3 Å². The first-order chi connectivity index (χ1) is 9.83. The van der Waals surface area contributed by atoms with Crippen LogP contribution in [0, 0.1) is 0 Å². The molecular formula is C19H31N. The van der Waals surface area contributed by atoms with Crippen LogP contribution >= 0.6 is 0 Å². The molecule has 1 saturated carbocycles. The average Bonchev–Trinajstić information content (AvgIpc) is 2.99. The van der Waals surface area contributed by atoms with Gasteiger partial charge in [0.2, 0.25) is 0 Å². The molecule has 1 heteroatoms. The van der Waals surface area contributed by atoms with Crippen molar-refractivity contribution in [2.75, 3.05) is 6.54 Å². The lowest BCUT2D eigenvalue weighted by atomic mass is 9.71. The van der Waals surface area contributed by atoms with Gasteiger partial charge in [-0.2, -0.15) is 0 Å². The average molecular weight is 273 g/mol. The fourth-order valence-electron chi connectivity index (χ4n) is 3.91. The van der Waals surface area contributed by atoms with E-state index in [1.54, 1.807) is 5.56 Å². The third-order valence-electron chi connectivity index (χ3n) is 5.00. The van der Waals surface area contributed by atoms with E-state index in [1.807, 2.05) is 0 Å². The molecule has 0 radical (unpaired) electrons. The highest BCUT2D eigenvalue weighted by Crippen LogP contribution is 2.45. The van der Waals surface area contributed by atoms with Crippen LogP contribution in [0.4, 0.5) is 0 Å². The van der Waals surface area contributed by atoms with Crippen molar-refractivity contribution in [1.29, 1.82) is 0 Å². The Morgan fingerprint density at radius 3 is 2.35 bits per heavy atom. The summed E-state index contributed by atoms with van der Waals surface area (Å²) in [7, 11) is 0. The molecule has 0 aromatic heterocycles. The summed E-state index contributed by atoms with van der Waals surface area (Å²) in [5.41, 5.74) is 1.97. The second kappa shape index (κ2) is 7.83.